The molecule has 1 aliphatic rings. The maximum atomic E-state index is 12.4. The Kier molecular flexibility index (Phi) is 4.53. The Morgan fingerprint density at radius 1 is 1.00 bits per heavy atom. The fourth-order valence-corrected chi connectivity index (χ4v) is 3.15. The van der Waals surface area contributed by atoms with Crippen LogP contribution in [0.4, 0.5) is 5.69 Å². The zero-order chi connectivity index (χ0) is 17.3. The predicted octanol–water partition coefficient (Wildman–Crippen LogP) is 3.64. The molecule has 0 unspecified atom stereocenters. The molecule has 1 heterocycles. The molecule has 126 valence electrons. The van der Waals surface area contributed by atoms with E-state index >= 15 is 0 Å². The summed E-state index contributed by atoms with van der Waals surface area (Å²) in [5.41, 5.74) is 2.57. The van der Waals surface area contributed by atoms with Crippen LogP contribution >= 0.6 is 11.6 Å². The van der Waals surface area contributed by atoms with E-state index in [2.05, 4.69) is 5.32 Å². The minimum atomic E-state index is -0.302. The number of fused-ring (bicyclic) bond motifs is 1. The Bertz CT molecular complexity index is 791. The number of carbonyl (C=O) groups excluding carboxylic acids is 1. The predicted molar refractivity (Wildman–Crippen MR) is 92.6 cm³/mol. The molecular formula is C18H18ClNO4. The van der Waals surface area contributed by atoms with Gasteiger partial charge in [-0.2, -0.15) is 0 Å². The molecule has 0 aromatic heterocycles. The third kappa shape index (κ3) is 2.87. The molecule has 2 aromatic rings. The van der Waals surface area contributed by atoms with Crippen LogP contribution < -0.4 is 19.5 Å². The summed E-state index contributed by atoms with van der Waals surface area (Å²) in [5, 5.41) is 3.47. The molecule has 0 bridgehead atoms. The van der Waals surface area contributed by atoms with Gasteiger partial charge in [-0.1, -0.05) is 17.7 Å². The lowest BCUT2D eigenvalue weighted by atomic mass is 9.92. The molecule has 1 amide bonds. The van der Waals surface area contributed by atoms with Gasteiger partial charge in [0, 0.05) is 16.8 Å². The molecule has 6 heteroatoms. The maximum absolute atomic E-state index is 12.4. The van der Waals surface area contributed by atoms with Crippen molar-refractivity contribution >= 4 is 23.2 Å². The first-order chi connectivity index (χ1) is 11.6. The number of ether oxygens (including phenoxy) is 3. The molecule has 24 heavy (non-hydrogen) atoms. The van der Waals surface area contributed by atoms with Crippen molar-refractivity contribution in [3.05, 3.63) is 46.5 Å². The normalized spacial score (nSPS) is 15.7. The summed E-state index contributed by atoms with van der Waals surface area (Å²) in [6, 6.07) is 9.05. The summed E-state index contributed by atoms with van der Waals surface area (Å²) in [4.78, 5) is 12.4. The second-order valence-corrected chi connectivity index (χ2v) is 5.93. The first kappa shape index (κ1) is 16.5. The van der Waals surface area contributed by atoms with Crippen molar-refractivity contribution in [2.75, 3.05) is 26.6 Å². The number of amides is 1. The van der Waals surface area contributed by atoms with Crippen LogP contribution in [0.5, 0.6) is 17.2 Å². The molecule has 0 aliphatic carbocycles. The van der Waals surface area contributed by atoms with Gasteiger partial charge in [-0.3, -0.25) is 4.79 Å². The first-order valence-corrected chi connectivity index (χ1v) is 7.84. The topological polar surface area (TPSA) is 56.8 Å². The van der Waals surface area contributed by atoms with Crippen molar-refractivity contribution < 1.29 is 19.0 Å². The number of rotatable bonds is 5. The van der Waals surface area contributed by atoms with Gasteiger partial charge in [0.25, 0.3) is 0 Å². The summed E-state index contributed by atoms with van der Waals surface area (Å²) in [5.74, 6) is 1.49. The van der Waals surface area contributed by atoms with Gasteiger partial charge in [0.15, 0.2) is 11.5 Å². The number of hydrogen-bond acceptors (Lipinski definition) is 4. The molecule has 1 N–H and O–H groups in total. The van der Waals surface area contributed by atoms with E-state index in [1.165, 1.54) is 0 Å². The quantitative estimate of drug-likeness (QED) is 0.897. The fraction of sp³-hybridized carbons (Fsp3) is 0.278. The van der Waals surface area contributed by atoms with Crippen LogP contribution in [0.3, 0.4) is 0 Å². The molecule has 2 aromatic carbocycles. The van der Waals surface area contributed by atoms with E-state index in [-0.39, 0.29) is 11.8 Å². The van der Waals surface area contributed by atoms with Crippen LogP contribution in [0, 0.1) is 0 Å². The lowest BCUT2D eigenvalue weighted by Gasteiger charge is -2.16. The smallest absolute Gasteiger partial charge is 0.232 e. The summed E-state index contributed by atoms with van der Waals surface area (Å²) < 4.78 is 16.1. The van der Waals surface area contributed by atoms with Crippen molar-refractivity contribution in [3.8, 4) is 17.2 Å². The zero-order valence-electron chi connectivity index (χ0n) is 13.7. The van der Waals surface area contributed by atoms with E-state index in [9.17, 15) is 4.79 Å². The average Bonchev–Trinajstić information content (AvgIpc) is 2.89. The Balaban J connectivity index is 1.98. The fourth-order valence-electron chi connectivity index (χ4n) is 2.98. The van der Waals surface area contributed by atoms with Crippen LogP contribution in [-0.4, -0.2) is 27.2 Å². The Morgan fingerprint density at radius 2 is 1.67 bits per heavy atom. The van der Waals surface area contributed by atoms with Crippen LogP contribution in [-0.2, 0) is 11.2 Å². The van der Waals surface area contributed by atoms with Crippen LogP contribution in [0.25, 0.3) is 0 Å². The SMILES string of the molecule is COc1cc(OC)c(OC)cc1C[C@H]1C(=O)Nc2cc(Cl)ccc21. The molecule has 0 radical (unpaired) electrons. The van der Waals surface area contributed by atoms with Gasteiger partial charge in [0.1, 0.15) is 5.75 Å². The Hall–Kier alpha value is -2.40. The summed E-state index contributed by atoms with van der Waals surface area (Å²) in [7, 11) is 4.74. The third-order valence-electron chi connectivity index (χ3n) is 4.18. The number of anilines is 1. The van der Waals surface area contributed by atoms with Gasteiger partial charge >= 0.3 is 0 Å². The first-order valence-electron chi connectivity index (χ1n) is 7.46. The van der Waals surface area contributed by atoms with Crippen molar-refractivity contribution in [2.24, 2.45) is 0 Å². The summed E-state index contributed by atoms with van der Waals surface area (Å²) >= 11 is 6.00. The molecule has 0 fully saturated rings. The number of benzene rings is 2. The lowest BCUT2D eigenvalue weighted by Crippen LogP contribution is -2.14. The van der Waals surface area contributed by atoms with Crippen LogP contribution in [0.2, 0.25) is 5.02 Å². The Morgan fingerprint density at radius 3 is 2.33 bits per heavy atom. The number of hydrogen-bond donors (Lipinski definition) is 1. The minimum Gasteiger partial charge on any atom is -0.496 e. The molecule has 3 rings (SSSR count). The third-order valence-corrected chi connectivity index (χ3v) is 4.41. The van der Waals surface area contributed by atoms with Gasteiger partial charge in [0.2, 0.25) is 5.91 Å². The van der Waals surface area contributed by atoms with Gasteiger partial charge in [-0.15, -0.1) is 0 Å². The van der Waals surface area contributed by atoms with Gasteiger partial charge < -0.3 is 19.5 Å². The molecule has 1 atom stereocenters. The van der Waals surface area contributed by atoms with Crippen LogP contribution in [0.15, 0.2) is 30.3 Å². The van der Waals surface area contributed by atoms with Crippen LogP contribution in [0.1, 0.15) is 17.0 Å². The van der Waals surface area contributed by atoms with E-state index in [0.29, 0.717) is 28.7 Å². The van der Waals surface area contributed by atoms with Gasteiger partial charge in [0.05, 0.1) is 27.2 Å². The van der Waals surface area contributed by atoms with Crippen molar-refractivity contribution in [1.82, 2.24) is 0 Å². The molecular weight excluding hydrogens is 330 g/mol. The van der Waals surface area contributed by atoms with Gasteiger partial charge in [-0.25, -0.2) is 0 Å². The number of carbonyl (C=O) groups is 1. The number of nitrogens with one attached hydrogen (secondary N) is 1. The highest BCUT2D eigenvalue weighted by atomic mass is 35.5. The highest BCUT2D eigenvalue weighted by Gasteiger charge is 2.31. The van der Waals surface area contributed by atoms with Gasteiger partial charge in [-0.05, 0) is 35.7 Å². The van der Waals surface area contributed by atoms with E-state index in [4.69, 9.17) is 25.8 Å². The number of halogens is 1. The molecule has 1 aliphatic heterocycles. The van der Waals surface area contributed by atoms with Crippen molar-refractivity contribution in [3.63, 3.8) is 0 Å². The monoisotopic (exact) mass is 347 g/mol. The number of methoxy groups -OCH3 is 3. The Labute approximate surface area is 145 Å². The molecule has 0 spiro atoms. The maximum Gasteiger partial charge on any atom is 0.232 e. The van der Waals surface area contributed by atoms with E-state index in [1.54, 1.807) is 39.5 Å². The minimum absolute atomic E-state index is 0.0518. The largest absolute Gasteiger partial charge is 0.496 e. The molecule has 0 saturated carbocycles. The van der Waals surface area contributed by atoms with E-state index in [0.717, 1.165) is 16.8 Å². The average molecular weight is 348 g/mol. The second-order valence-electron chi connectivity index (χ2n) is 5.50. The van der Waals surface area contributed by atoms with Crippen molar-refractivity contribution in [2.45, 2.75) is 12.3 Å². The highest BCUT2D eigenvalue weighted by Crippen LogP contribution is 2.40. The van der Waals surface area contributed by atoms with E-state index in [1.807, 2.05) is 12.1 Å². The van der Waals surface area contributed by atoms with E-state index < -0.39 is 0 Å². The summed E-state index contributed by atoms with van der Waals surface area (Å²) in [6.45, 7) is 0. The summed E-state index contributed by atoms with van der Waals surface area (Å²) in [6.07, 6.45) is 0.490. The molecule has 0 saturated heterocycles. The van der Waals surface area contributed by atoms with Crippen molar-refractivity contribution in [1.29, 1.82) is 0 Å². The standard InChI is InChI=1S/C18H18ClNO4/c1-22-15-9-17(24-3)16(23-2)7-10(15)6-13-12-5-4-11(19)8-14(12)20-18(13)21/h4-5,7-9,13H,6H2,1-3H3,(H,20,21)/t13-/m1/s1. The zero-order valence-corrected chi connectivity index (χ0v) is 14.4. The second kappa shape index (κ2) is 6.61. The molecule has 5 nitrogen and oxygen atoms in total. The highest BCUT2D eigenvalue weighted by molar-refractivity contribution is 6.31. The lowest BCUT2D eigenvalue weighted by molar-refractivity contribution is -0.117.